The van der Waals surface area contributed by atoms with E-state index in [1.165, 1.54) is 0 Å². The van der Waals surface area contributed by atoms with E-state index in [1.54, 1.807) is 35.3 Å². The number of hydrogen-bond acceptors (Lipinski definition) is 7. The van der Waals surface area contributed by atoms with Gasteiger partial charge in [-0.25, -0.2) is 0 Å². The van der Waals surface area contributed by atoms with E-state index in [0.717, 1.165) is 46.5 Å². The second kappa shape index (κ2) is 15.3. The Morgan fingerprint density at radius 2 is 1.45 bits per heavy atom. The quantitative estimate of drug-likeness (QED) is 0.205. The SMILES string of the molecule is C=CC1=C(Sc2ccc(C(=O)CC(C)C)cc2OC(C)C)SC(c2c(OC(C)C)cc(C)cc2OC(C)C)=CC(=C)S1. The number of carbonyl (C=O) groups excluding carboxylic acids is 1. The Morgan fingerprint density at radius 1 is 0.881 bits per heavy atom. The smallest absolute Gasteiger partial charge is 0.163 e. The van der Waals surface area contributed by atoms with E-state index in [2.05, 4.69) is 52.1 Å². The molecule has 0 aromatic heterocycles. The van der Waals surface area contributed by atoms with E-state index in [-0.39, 0.29) is 30.0 Å². The first kappa shape index (κ1) is 34.0. The molecule has 1 aliphatic heterocycles. The van der Waals surface area contributed by atoms with Crippen LogP contribution in [0.1, 0.15) is 83.3 Å². The van der Waals surface area contributed by atoms with Crippen molar-refractivity contribution in [3.63, 3.8) is 0 Å². The molecule has 42 heavy (non-hydrogen) atoms. The number of rotatable bonds is 13. The van der Waals surface area contributed by atoms with Gasteiger partial charge in [-0.2, -0.15) is 0 Å². The van der Waals surface area contributed by atoms with E-state index in [1.807, 2.05) is 65.8 Å². The highest BCUT2D eigenvalue weighted by atomic mass is 32.2. The molecular formula is C35H44O4S3. The number of ether oxygens (including phenoxy) is 3. The number of benzene rings is 2. The van der Waals surface area contributed by atoms with Gasteiger partial charge in [0.25, 0.3) is 0 Å². The van der Waals surface area contributed by atoms with Crippen LogP contribution in [0.5, 0.6) is 17.2 Å². The summed E-state index contributed by atoms with van der Waals surface area (Å²) in [5.74, 6) is 2.66. The molecule has 1 heterocycles. The number of thioether (sulfide) groups is 3. The van der Waals surface area contributed by atoms with Gasteiger partial charge in [-0.15, -0.1) is 0 Å². The molecule has 7 heteroatoms. The van der Waals surface area contributed by atoms with E-state index >= 15 is 0 Å². The number of hydrogen-bond donors (Lipinski definition) is 0. The van der Waals surface area contributed by atoms with Crippen LogP contribution in [0.15, 0.2) is 74.6 Å². The fourth-order valence-electron chi connectivity index (χ4n) is 4.22. The summed E-state index contributed by atoms with van der Waals surface area (Å²) in [7, 11) is 0. The fourth-order valence-corrected chi connectivity index (χ4v) is 7.74. The molecule has 0 saturated heterocycles. The Balaban J connectivity index is 2.12. The lowest BCUT2D eigenvalue weighted by atomic mass is 10.0. The highest BCUT2D eigenvalue weighted by Crippen LogP contribution is 2.55. The average molecular weight is 625 g/mol. The van der Waals surface area contributed by atoms with Gasteiger partial charge in [0.2, 0.25) is 0 Å². The van der Waals surface area contributed by atoms with E-state index in [4.69, 9.17) is 14.2 Å². The third kappa shape index (κ3) is 9.51. The van der Waals surface area contributed by atoms with Crippen LogP contribution in [0.2, 0.25) is 0 Å². The molecule has 226 valence electrons. The van der Waals surface area contributed by atoms with Gasteiger partial charge in [-0.3, -0.25) is 4.79 Å². The maximum Gasteiger partial charge on any atom is 0.163 e. The number of allylic oxidation sites excluding steroid dienone is 2. The van der Waals surface area contributed by atoms with Gasteiger partial charge < -0.3 is 14.2 Å². The first-order valence-electron chi connectivity index (χ1n) is 14.4. The Bertz CT molecular complexity index is 1350. The van der Waals surface area contributed by atoms with Crippen LogP contribution in [0, 0.1) is 12.8 Å². The number of Topliss-reactive ketones (excluding diaryl/α,β-unsaturated/α-hetero) is 1. The summed E-state index contributed by atoms with van der Waals surface area (Å²) in [6.45, 7) is 26.7. The first-order chi connectivity index (χ1) is 19.8. The van der Waals surface area contributed by atoms with Crippen molar-refractivity contribution in [2.75, 3.05) is 0 Å². The summed E-state index contributed by atoms with van der Waals surface area (Å²) >= 11 is 4.83. The normalized spacial score (nSPS) is 14.0. The molecule has 0 aliphatic carbocycles. The highest BCUT2D eigenvalue weighted by molar-refractivity contribution is 8.27. The maximum absolute atomic E-state index is 12.9. The third-order valence-corrected chi connectivity index (χ3v) is 9.37. The van der Waals surface area contributed by atoms with Gasteiger partial charge in [0.15, 0.2) is 5.78 Å². The van der Waals surface area contributed by atoms with Gasteiger partial charge in [-0.05, 0) is 90.3 Å². The minimum atomic E-state index is -0.0434. The largest absolute Gasteiger partial charge is 0.490 e. The van der Waals surface area contributed by atoms with Crippen molar-refractivity contribution in [3.8, 4) is 17.2 Å². The zero-order valence-corrected chi connectivity index (χ0v) is 28.8. The predicted molar refractivity (Wildman–Crippen MR) is 184 cm³/mol. The summed E-state index contributed by atoms with van der Waals surface area (Å²) in [6.07, 6.45) is 4.41. The van der Waals surface area contributed by atoms with Crippen molar-refractivity contribution >= 4 is 46.0 Å². The summed E-state index contributed by atoms with van der Waals surface area (Å²) in [6, 6.07) is 9.91. The Kier molecular flexibility index (Phi) is 12.4. The molecule has 0 amide bonds. The molecule has 0 saturated carbocycles. The Labute approximate surface area is 265 Å². The van der Waals surface area contributed by atoms with Crippen LogP contribution in [0.25, 0.3) is 4.91 Å². The molecule has 4 nitrogen and oxygen atoms in total. The zero-order valence-electron chi connectivity index (χ0n) is 26.3. The van der Waals surface area contributed by atoms with E-state index in [9.17, 15) is 4.79 Å². The van der Waals surface area contributed by atoms with Crippen LogP contribution in [0.4, 0.5) is 0 Å². The Hall–Kier alpha value is -2.48. The highest BCUT2D eigenvalue weighted by Gasteiger charge is 2.25. The van der Waals surface area contributed by atoms with Gasteiger partial charge in [0.1, 0.15) is 17.2 Å². The van der Waals surface area contributed by atoms with Gasteiger partial charge in [-0.1, -0.05) is 74.4 Å². The average Bonchev–Trinajstić information content (AvgIpc) is 3.01. The summed E-state index contributed by atoms with van der Waals surface area (Å²) in [5, 5.41) is 0. The maximum atomic E-state index is 12.9. The third-order valence-electron chi connectivity index (χ3n) is 5.73. The van der Waals surface area contributed by atoms with Crippen molar-refractivity contribution in [3.05, 3.63) is 86.4 Å². The zero-order chi connectivity index (χ0) is 31.1. The minimum absolute atomic E-state index is 0.00723. The second-order valence-electron chi connectivity index (χ2n) is 11.5. The molecule has 2 aromatic carbocycles. The molecule has 0 atom stereocenters. The lowest BCUT2D eigenvalue weighted by Gasteiger charge is -2.22. The summed E-state index contributed by atoms with van der Waals surface area (Å²) in [4.78, 5) is 16.7. The van der Waals surface area contributed by atoms with Gasteiger partial charge in [0.05, 0.1) is 33.0 Å². The fraction of sp³-hybridized carbons (Fsp3) is 0.400. The van der Waals surface area contributed by atoms with Crippen molar-refractivity contribution in [2.24, 2.45) is 5.92 Å². The second-order valence-corrected chi connectivity index (χ2v) is 15.0. The van der Waals surface area contributed by atoms with Crippen LogP contribution in [0.3, 0.4) is 0 Å². The number of carbonyl (C=O) groups is 1. The molecular weight excluding hydrogens is 581 g/mol. The molecule has 0 bridgehead atoms. The molecule has 0 unspecified atom stereocenters. The van der Waals surface area contributed by atoms with Crippen molar-refractivity contribution in [1.29, 1.82) is 0 Å². The van der Waals surface area contributed by atoms with Crippen LogP contribution < -0.4 is 14.2 Å². The molecule has 0 N–H and O–H groups in total. The van der Waals surface area contributed by atoms with Gasteiger partial charge >= 0.3 is 0 Å². The summed E-state index contributed by atoms with van der Waals surface area (Å²) in [5.41, 5.74) is 2.65. The molecule has 1 aliphatic rings. The van der Waals surface area contributed by atoms with Crippen molar-refractivity contribution in [2.45, 2.75) is 91.9 Å². The topological polar surface area (TPSA) is 44.8 Å². The number of ketones is 1. The minimum Gasteiger partial charge on any atom is -0.490 e. The molecule has 2 aromatic rings. The number of aryl methyl sites for hydroxylation is 1. The van der Waals surface area contributed by atoms with Gasteiger partial charge in [0, 0.05) is 26.7 Å². The van der Waals surface area contributed by atoms with Crippen molar-refractivity contribution in [1.82, 2.24) is 0 Å². The van der Waals surface area contributed by atoms with E-state index < -0.39 is 0 Å². The van der Waals surface area contributed by atoms with E-state index in [0.29, 0.717) is 17.7 Å². The molecule has 3 rings (SSSR count). The lowest BCUT2D eigenvalue weighted by Crippen LogP contribution is -2.11. The van der Waals surface area contributed by atoms with Crippen LogP contribution in [-0.4, -0.2) is 24.1 Å². The monoisotopic (exact) mass is 624 g/mol. The van der Waals surface area contributed by atoms with Crippen molar-refractivity contribution < 1.29 is 19.0 Å². The molecule has 0 fully saturated rings. The van der Waals surface area contributed by atoms with Crippen LogP contribution in [-0.2, 0) is 0 Å². The summed E-state index contributed by atoms with van der Waals surface area (Å²) < 4.78 is 20.0. The predicted octanol–water partition coefficient (Wildman–Crippen LogP) is 11.1. The van der Waals surface area contributed by atoms with Crippen LogP contribution >= 0.6 is 35.3 Å². The molecule has 0 spiro atoms. The molecule has 0 radical (unpaired) electrons. The Morgan fingerprint density at radius 3 is 1.98 bits per heavy atom. The first-order valence-corrected chi connectivity index (χ1v) is 16.8. The standard InChI is InChI=1S/C35H44O4S3/c1-12-31-35(41-32-14-13-26(27(36)15-20(2)3)19-28(32)37-21(4)5)42-33(18-25(11)40-31)34-29(38-22(6)7)16-24(10)17-30(34)39-23(8)9/h12-14,16-23H,1,11,15H2,2-10H3. The lowest BCUT2D eigenvalue weighted by molar-refractivity contribution is 0.0967.